The second-order valence-electron chi connectivity index (χ2n) is 4.05. The Bertz CT molecular complexity index is 375. The van der Waals surface area contributed by atoms with Crippen LogP contribution in [0.15, 0.2) is 28.7 Å². The van der Waals surface area contributed by atoms with Gasteiger partial charge < -0.3 is 9.47 Å². The van der Waals surface area contributed by atoms with Gasteiger partial charge in [-0.2, -0.15) is 0 Å². The molecular formula is C13H14BrO3. The second-order valence-corrected chi connectivity index (χ2v) is 4.90. The highest BCUT2D eigenvalue weighted by molar-refractivity contribution is 9.10. The number of rotatable bonds is 4. The predicted octanol–water partition coefficient (Wildman–Crippen LogP) is 3.14. The Morgan fingerprint density at radius 2 is 2.24 bits per heavy atom. The molecule has 0 saturated carbocycles. The zero-order chi connectivity index (χ0) is 12.1. The maximum atomic E-state index is 10.5. The van der Waals surface area contributed by atoms with Gasteiger partial charge in [0, 0.05) is 16.6 Å². The Morgan fingerprint density at radius 3 is 2.88 bits per heavy atom. The van der Waals surface area contributed by atoms with Gasteiger partial charge in [-0.1, -0.05) is 34.1 Å². The maximum absolute atomic E-state index is 10.5. The van der Waals surface area contributed by atoms with Crippen molar-refractivity contribution < 1.29 is 14.3 Å². The number of hydrogen-bond donors (Lipinski definition) is 0. The molecule has 1 aromatic carbocycles. The molecule has 0 aliphatic carbocycles. The lowest BCUT2D eigenvalue weighted by Crippen LogP contribution is -2.28. The quantitative estimate of drug-likeness (QED) is 0.856. The fourth-order valence-corrected chi connectivity index (χ4v) is 2.61. The van der Waals surface area contributed by atoms with Gasteiger partial charge in [0.25, 0.3) is 0 Å². The first-order chi connectivity index (χ1) is 8.33. The average molecular weight is 298 g/mol. The number of hydrogen-bond acceptors (Lipinski definition) is 3. The fourth-order valence-electron chi connectivity index (χ4n) is 2.10. The Hall–Kier alpha value is -0.870. The molecule has 1 fully saturated rings. The summed E-state index contributed by atoms with van der Waals surface area (Å²) >= 11 is 3.47. The topological polar surface area (TPSA) is 35.5 Å². The third-order valence-electron chi connectivity index (χ3n) is 2.94. The van der Waals surface area contributed by atoms with Crippen molar-refractivity contribution in [1.82, 2.24) is 0 Å². The van der Waals surface area contributed by atoms with Crippen LogP contribution in [0, 0.1) is 0 Å². The standard InChI is InChI=1S/C13H14BrO3/c14-11-6-2-1-5-10(11)13(17-9-15)12-7-3-4-8-16-12/h1-2,5-6,12-13H,3-4,7-8H2. The summed E-state index contributed by atoms with van der Waals surface area (Å²) in [5, 5.41) is 0. The summed E-state index contributed by atoms with van der Waals surface area (Å²) < 4.78 is 11.7. The smallest absolute Gasteiger partial charge is 0.418 e. The van der Waals surface area contributed by atoms with Crippen LogP contribution in [0.25, 0.3) is 0 Å². The van der Waals surface area contributed by atoms with Crippen molar-refractivity contribution in [2.24, 2.45) is 0 Å². The van der Waals surface area contributed by atoms with Crippen LogP contribution in [-0.4, -0.2) is 19.2 Å². The van der Waals surface area contributed by atoms with Gasteiger partial charge >= 0.3 is 6.47 Å². The highest BCUT2D eigenvalue weighted by Crippen LogP contribution is 2.33. The minimum absolute atomic E-state index is 0.0658. The van der Waals surface area contributed by atoms with E-state index >= 15 is 0 Å². The molecule has 2 rings (SSSR count). The number of carbonyl (C=O) groups excluding carboxylic acids is 1. The molecule has 3 nitrogen and oxygen atoms in total. The van der Waals surface area contributed by atoms with E-state index in [1.54, 1.807) is 0 Å². The molecule has 2 unspecified atom stereocenters. The van der Waals surface area contributed by atoms with Crippen LogP contribution in [0.2, 0.25) is 0 Å². The zero-order valence-corrected chi connectivity index (χ0v) is 11.0. The molecule has 2 atom stereocenters. The van der Waals surface area contributed by atoms with Gasteiger partial charge in [-0.25, -0.2) is 4.79 Å². The lowest BCUT2D eigenvalue weighted by Gasteiger charge is -2.29. The minimum atomic E-state index is -0.372. The van der Waals surface area contributed by atoms with E-state index in [2.05, 4.69) is 15.9 Å². The van der Waals surface area contributed by atoms with Crippen LogP contribution >= 0.6 is 15.9 Å². The molecule has 0 bridgehead atoms. The summed E-state index contributed by atoms with van der Waals surface area (Å²) in [5.41, 5.74) is 0.933. The van der Waals surface area contributed by atoms with E-state index < -0.39 is 0 Å². The van der Waals surface area contributed by atoms with Crippen molar-refractivity contribution in [2.75, 3.05) is 6.61 Å². The van der Waals surface area contributed by atoms with E-state index in [-0.39, 0.29) is 12.2 Å². The van der Waals surface area contributed by atoms with Gasteiger partial charge in [-0.3, -0.25) is 0 Å². The molecule has 1 saturated heterocycles. The van der Waals surface area contributed by atoms with Gasteiger partial charge in [-0.05, 0) is 25.3 Å². The molecule has 17 heavy (non-hydrogen) atoms. The molecule has 4 heteroatoms. The van der Waals surface area contributed by atoms with Crippen molar-refractivity contribution in [1.29, 1.82) is 0 Å². The molecule has 0 spiro atoms. The molecule has 1 aromatic rings. The normalized spacial score (nSPS) is 21.8. The van der Waals surface area contributed by atoms with Crippen LogP contribution in [0.5, 0.6) is 0 Å². The third kappa shape index (κ3) is 3.07. The molecule has 0 N–H and O–H groups in total. The van der Waals surface area contributed by atoms with Crippen molar-refractivity contribution >= 4 is 22.4 Å². The van der Waals surface area contributed by atoms with Crippen LogP contribution in [0.3, 0.4) is 0 Å². The van der Waals surface area contributed by atoms with Crippen molar-refractivity contribution in [3.63, 3.8) is 0 Å². The summed E-state index contributed by atoms with van der Waals surface area (Å²) in [4.78, 5) is 10.5. The molecule has 0 amide bonds. The van der Waals surface area contributed by atoms with Crippen LogP contribution in [0.4, 0.5) is 0 Å². The first kappa shape index (κ1) is 12.6. The van der Waals surface area contributed by atoms with E-state index in [0.29, 0.717) is 0 Å². The first-order valence-corrected chi connectivity index (χ1v) is 6.51. The van der Waals surface area contributed by atoms with Crippen LogP contribution < -0.4 is 0 Å². The largest absolute Gasteiger partial charge is 0.446 e. The molecule has 91 valence electrons. The number of ether oxygens (including phenoxy) is 2. The van der Waals surface area contributed by atoms with Crippen molar-refractivity contribution in [3.05, 3.63) is 34.3 Å². The van der Waals surface area contributed by atoms with Gasteiger partial charge in [0.2, 0.25) is 0 Å². The van der Waals surface area contributed by atoms with E-state index in [1.165, 1.54) is 6.47 Å². The number of halogens is 1. The average Bonchev–Trinajstić information content (AvgIpc) is 2.38. The Labute approximate surface area is 109 Å². The Balaban J connectivity index is 2.21. The predicted molar refractivity (Wildman–Crippen MR) is 67.3 cm³/mol. The SMILES string of the molecule is O=[C]OC(c1ccccc1Br)C1CCCCO1. The molecule has 0 aromatic heterocycles. The van der Waals surface area contributed by atoms with E-state index in [4.69, 9.17) is 9.47 Å². The van der Waals surface area contributed by atoms with Gasteiger partial charge in [-0.15, -0.1) is 0 Å². The summed E-state index contributed by atoms with van der Waals surface area (Å²) in [7, 11) is 0. The molecular weight excluding hydrogens is 284 g/mol. The highest BCUT2D eigenvalue weighted by Gasteiger charge is 2.28. The van der Waals surface area contributed by atoms with Gasteiger partial charge in [0.15, 0.2) is 6.10 Å². The summed E-state index contributed by atoms with van der Waals surface area (Å²) in [6.07, 6.45) is 2.65. The van der Waals surface area contributed by atoms with Gasteiger partial charge in [0.1, 0.15) is 0 Å². The fraction of sp³-hybridized carbons (Fsp3) is 0.462. The molecule has 1 heterocycles. The second kappa shape index (κ2) is 6.17. The summed E-state index contributed by atoms with van der Waals surface area (Å²) in [5.74, 6) is 0. The van der Waals surface area contributed by atoms with E-state index in [9.17, 15) is 4.79 Å². The minimum Gasteiger partial charge on any atom is -0.446 e. The van der Waals surface area contributed by atoms with E-state index in [0.717, 1.165) is 35.9 Å². The lowest BCUT2D eigenvalue weighted by atomic mass is 9.98. The summed E-state index contributed by atoms with van der Waals surface area (Å²) in [6, 6.07) is 7.71. The van der Waals surface area contributed by atoms with E-state index in [1.807, 2.05) is 24.3 Å². The monoisotopic (exact) mass is 297 g/mol. The molecule has 1 aliphatic rings. The Kier molecular flexibility index (Phi) is 4.57. The van der Waals surface area contributed by atoms with Crippen molar-refractivity contribution in [3.8, 4) is 0 Å². The highest BCUT2D eigenvalue weighted by atomic mass is 79.9. The Morgan fingerprint density at radius 1 is 1.41 bits per heavy atom. The lowest BCUT2D eigenvalue weighted by molar-refractivity contribution is -0.0585. The zero-order valence-electron chi connectivity index (χ0n) is 9.40. The van der Waals surface area contributed by atoms with Gasteiger partial charge in [0.05, 0.1) is 6.10 Å². The summed E-state index contributed by atoms with van der Waals surface area (Å²) in [6.45, 7) is 2.27. The number of benzene rings is 1. The van der Waals surface area contributed by atoms with Crippen LogP contribution in [0.1, 0.15) is 30.9 Å². The van der Waals surface area contributed by atoms with Crippen LogP contribution in [-0.2, 0) is 14.3 Å². The third-order valence-corrected chi connectivity index (χ3v) is 3.66. The maximum Gasteiger partial charge on any atom is 0.418 e. The first-order valence-electron chi connectivity index (χ1n) is 5.71. The molecule has 1 aliphatic heterocycles. The molecule has 1 radical (unpaired) electrons. The van der Waals surface area contributed by atoms with Crippen molar-refractivity contribution in [2.45, 2.75) is 31.5 Å².